The van der Waals surface area contributed by atoms with Crippen LogP contribution in [0.3, 0.4) is 0 Å². The van der Waals surface area contributed by atoms with Crippen LogP contribution in [0.5, 0.6) is 0 Å². The molecule has 1 amide bonds. The lowest BCUT2D eigenvalue weighted by molar-refractivity contribution is -0.119. The third-order valence-electron chi connectivity index (χ3n) is 4.34. The van der Waals surface area contributed by atoms with Crippen molar-refractivity contribution >= 4 is 17.7 Å². The van der Waals surface area contributed by atoms with Gasteiger partial charge in [-0.3, -0.25) is 4.79 Å². The molecule has 140 valence electrons. The van der Waals surface area contributed by atoms with Crippen LogP contribution in [0.15, 0.2) is 60.8 Å². The van der Waals surface area contributed by atoms with Gasteiger partial charge in [0.1, 0.15) is 5.82 Å². The highest BCUT2D eigenvalue weighted by molar-refractivity contribution is 7.99. The number of hydrogen-bond donors (Lipinski definition) is 2. The van der Waals surface area contributed by atoms with E-state index in [1.807, 2.05) is 36.5 Å². The van der Waals surface area contributed by atoms with Crippen molar-refractivity contribution < 1.29 is 4.79 Å². The van der Waals surface area contributed by atoms with E-state index >= 15 is 0 Å². The van der Waals surface area contributed by atoms with Gasteiger partial charge in [0, 0.05) is 5.75 Å². The number of aromatic amines is 1. The Bertz CT molecular complexity index is 876. The molecule has 3 rings (SSSR count). The summed E-state index contributed by atoms with van der Waals surface area (Å²) in [7, 11) is 0. The van der Waals surface area contributed by atoms with Crippen molar-refractivity contribution in [2.45, 2.75) is 32.1 Å². The topological polar surface area (TPSA) is 57.8 Å². The van der Waals surface area contributed by atoms with Crippen LogP contribution >= 0.6 is 11.8 Å². The van der Waals surface area contributed by atoms with E-state index in [1.165, 1.54) is 11.1 Å². The Morgan fingerprint density at radius 1 is 1.19 bits per heavy atom. The van der Waals surface area contributed by atoms with E-state index in [9.17, 15) is 4.79 Å². The normalized spacial score (nSPS) is 11.9. The van der Waals surface area contributed by atoms with E-state index in [0.717, 1.165) is 29.3 Å². The molecule has 3 aromatic rings. The van der Waals surface area contributed by atoms with Gasteiger partial charge >= 0.3 is 0 Å². The van der Waals surface area contributed by atoms with Crippen molar-refractivity contribution in [1.29, 1.82) is 0 Å². The van der Waals surface area contributed by atoms with Crippen LogP contribution in [0, 0.1) is 6.92 Å². The zero-order chi connectivity index (χ0) is 19.1. The number of carbonyl (C=O) groups excluding carboxylic acids is 1. The summed E-state index contributed by atoms with van der Waals surface area (Å²) in [5.41, 5.74) is 4.55. The molecule has 0 aliphatic rings. The number of thioether (sulfide) groups is 1. The van der Waals surface area contributed by atoms with Crippen LogP contribution in [-0.4, -0.2) is 21.6 Å². The van der Waals surface area contributed by atoms with Gasteiger partial charge in [-0.2, -0.15) is 0 Å². The summed E-state index contributed by atoms with van der Waals surface area (Å²) in [6, 6.07) is 18.4. The molecule has 0 aliphatic carbocycles. The van der Waals surface area contributed by atoms with Gasteiger partial charge in [-0.05, 0) is 24.5 Å². The van der Waals surface area contributed by atoms with Gasteiger partial charge < -0.3 is 10.3 Å². The first kappa shape index (κ1) is 19.2. The maximum absolute atomic E-state index is 12.3. The van der Waals surface area contributed by atoms with Crippen molar-refractivity contribution in [1.82, 2.24) is 15.3 Å². The second-order valence-corrected chi connectivity index (χ2v) is 7.54. The zero-order valence-corrected chi connectivity index (χ0v) is 16.6. The Balaban J connectivity index is 1.53. The molecule has 4 nitrogen and oxygen atoms in total. The molecule has 1 aromatic heterocycles. The van der Waals surface area contributed by atoms with Gasteiger partial charge in [-0.1, -0.05) is 67.1 Å². The summed E-state index contributed by atoms with van der Waals surface area (Å²) in [5.74, 6) is 2.12. The number of rotatable bonds is 8. The van der Waals surface area contributed by atoms with Crippen molar-refractivity contribution in [2.24, 2.45) is 0 Å². The van der Waals surface area contributed by atoms with Gasteiger partial charge in [-0.15, -0.1) is 11.8 Å². The SMILES string of the molecule is CCC(NC(=O)CSCc1cccc(C)c1)c1ncc(-c2ccccc2)[nH]1. The van der Waals surface area contributed by atoms with Crippen molar-refractivity contribution in [2.75, 3.05) is 5.75 Å². The summed E-state index contributed by atoms with van der Waals surface area (Å²) < 4.78 is 0. The highest BCUT2D eigenvalue weighted by Crippen LogP contribution is 2.21. The van der Waals surface area contributed by atoms with Gasteiger partial charge in [-0.25, -0.2) is 4.98 Å². The number of nitrogens with zero attached hydrogens (tertiary/aromatic N) is 1. The predicted octanol–water partition coefficient (Wildman–Crippen LogP) is 4.89. The maximum atomic E-state index is 12.3. The molecule has 0 bridgehead atoms. The summed E-state index contributed by atoms with van der Waals surface area (Å²) in [4.78, 5) is 20.2. The molecule has 1 atom stereocenters. The molecule has 2 N–H and O–H groups in total. The van der Waals surface area contributed by atoms with E-state index in [2.05, 4.69) is 53.4 Å². The number of benzene rings is 2. The molecule has 27 heavy (non-hydrogen) atoms. The Hall–Kier alpha value is -2.53. The van der Waals surface area contributed by atoms with E-state index in [0.29, 0.717) is 5.75 Å². The Morgan fingerprint density at radius 3 is 2.74 bits per heavy atom. The fourth-order valence-corrected chi connectivity index (χ4v) is 3.73. The van der Waals surface area contributed by atoms with E-state index in [1.54, 1.807) is 11.8 Å². The molecule has 0 aliphatic heterocycles. The Morgan fingerprint density at radius 2 is 2.00 bits per heavy atom. The lowest BCUT2D eigenvalue weighted by atomic mass is 10.2. The predicted molar refractivity (Wildman–Crippen MR) is 113 cm³/mol. The number of aryl methyl sites for hydroxylation is 1. The number of carbonyl (C=O) groups is 1. The van der Waals surface area contributed by atoms with E-state index < -0.39 is 0 Å². The number of H-pyrrole nitrogens is 1. The van der Waals surface area contributed by atoms with Crippen LogP contribution < -0.4 is 5.32 Å². The number of hydrogen-bond acceptors (Lipinski definition) is 3. The average molecular weight is 380 g/mol. The van der Waals surface area contributed by atoms with Crippen LogP contribution in [-0.2, 0) is 10.5 Å². The molecule has 0 spiro atoms. The van der Waals surface area contributed by atoms with Crippen molar-refractivity contribution in [3.63, 3.8) is 0 Å². The van der Waals surface area contributed by atoms with Gasteiger partial charge in [0.15, 0.2) is 0 Å². The third kappa shape index (κ3) is 5.47. The minimum atomic E-state index is -0.102. The first-order valence-electron chi connectivity index (χ1n) is 9.18. The second kappa shape index (κ2) is 9.42. The number of amides is 1. The fourth-order valence-electron chi connectivity index (χ4n) is 2.94. The van der Waals surface area contributed by atoms with Crippen molar-refractivity contribution in [3.05, 3.63) is 77.7 Å². The number of imidazole rings is 1. The van der Waals surface area contributed by atoms with Crippen molar-refractivity contribution in [3.8, 4) is 11.3 Å². The van der Waals surface area contributed by atoms with E-state index in [4.69, 9.17) is 0 Å². The number of nitrogens with one attached hydrogen (secondary N) is 2. The Kier molecular flexibility index (Phi) is 6.71. The van der Waals surface area contributed by atoms with Gasteiger partial charge in [0.25, 0.3) is 0 Å². The van der Waals surface area contributed by atoms with Crippen LogP contribution in [0.25, 0.3) is 11.3 Å². The molecule has 1 unspecified atom stereocenters. The molecule has 0 radical (unpaired) electrons. The summed E-state index contributed by atoms with van der Waals surface area (Å²) in [6.07, 6.45) is 2.61. The Labute approximate surface area is 164 Å². The monoisotopic (exact) mass is 379 g/mol. The molecular formula is C22H25N3OS. The van der Waals surface area contributed by atoms with Crippen LogP contribution in [0.1, 0.15) is 36.3 Å². The first-order chi connectivity index (χ1) is 13.2. The van der Waals surface area contributed by atoms with Crippen LogP contribution in [0.4, 0.5) is 0 Å². The van der Waals surface area contributed by atoms with Gasteiger partial charge in [0.2, 0.25) is 5.91 Å². The standard InChI is InChI=1S/C22H25N3OS/c1-3-19(22-23-13-20(25-22)18-10-5-4-6-11-18)24-21(26)15-27-14-17-9-7-8-16(2)12-17/h4-13,19H,3,14-15H2,1-2H3,(H,23,25)(H,24,26). The smallest absolute Gasteiger partial charge is 0.230 e. The van der Waals surface area contributed by atoms with Crippen LogP contribution in [0.2, 0.25) is 0 Å². The fraction of sp³-hybridized carbons (Fsp3) is 0.273. The quantitative estimate of drug-likeness (QED) is 0.586. The summed E-state index contributed by atoms with van der Waals surface area (Å²) in [6.45, 7) is 4.13. The average Bonchev–Trinajstić information content (AvgIpc) is 3.17. The largest absolute Gasteiger partial charge is 0.345 e. The first-order valence-corrected chi connectivity index (χ1v) is 10.3. The number of aromatic nitrogens is 2. The maximum Gasteiger partial charge on any atom is 0.230 e. The molecule has 2 aromatic carbocycles. The molecule has 0 saturated carbocycles. The van der Waals surface area contributed by atoms with Gasteiger partial charge in [0.05, 0.1) is 23.7 Å². The van der Waals surface area contributed by atoms with E-state index in [-0.39, 0.29) is 11.9 Å². The summed E-state index contributed by atoms with van der Waals surface area (Å²) >= 11 is 1.63. The third-order valence-corrected chi connectivity index (χ3v) is 5.34. The molecular weight excluding hydrogens is 354 g/mol. The molecule has 1 heterocycles. The lowest BCUT2D eigenvalue weighted by Crippen LogP contribution is -2.30. The zero-order valence-electron chi connectivity index (χ0n) is 15.7. The molecule has 0 fully saturated rings. The lowest BCUT2D eigenvalue weighted by Gasteiger charge is -2.14. The molecule has 0 saturated heterocycles. The highest BCUT2D eigenvalue weighted by atomic mass is 32.2. The minimum absolute atomic E-state index is 0.0390. The highest BCUT2D eigenvalue weighted by Gasteiger charge is 2.16. The minimum Gasteiger partial charge on any atom is -0.345 e. The molecule has 5 heteroatoms. The summed E-state index contributed by atoms with van der Waals surface area (Å²) in [5, 5.41) is 3.09. The second-order valence-electron chi connectivity index (χ2n) is 6.56.